The van der Waals surface area contributed by atoms with Crippen molar-refractivity contribution in [2.45, 2.75) is 32.6 Å². The minimum atomic E-state index is -0.134. The minimum Gasteiger partial charge on any atom is -0.469 e. The molecule has 0 aromatic carbocycles. The van der Waals surface area contributed by atoms with Crippen molar-refractivity contribution in [3.05, 3.63) is 0 Å². The molecule has 1 fully saturated rings. The molecule has 0 atom stereocenters. The number of amides is 1. The van der Waals surface area contributed by atoms with E-state index in [1.165, 1.54) is 12.0 Å². The molecule has 0 spiro atoms. The molecule has 0 aromatic rings. The van der Waals surface area contributed by atoms with Gasteiger partial charge in [0, 0.05) is 33.7 Å². The smallest absolute Gasteiger partial charge is 0.308 e. The predicted octanol–water partition coefficient (Wildman–Crippen LogP) is 1.32. The molecule has 1 N–H and O–H groups in total. The highest BCUT2D eigenvalue weighted by Crippen LogP contribution is 2.18. The number of halogens is 1. The van der Waals surface area contributed by atoms with Crippen molar-refractivity contribution < 1.29 is 14.3 Å². The summed E-state index contributed by atoms with van der Waals surface area (Å²) in [7, 11) is 4.88. The van der Waals surface area contributed by atoms with Gasteiger partial charge in [-0.15, -0.1) is 24.0 Å². The van der Waals surface area contributed by atoms with Crippen LogP contribution in [0.25, 0.3) is 0 Å². The maximum atomic E-state index is 11.8. The van der Waals surface area contributed by atoms with E-state index in [0.29, 0.717) is 0 Å². The Morgan fingerprint density at radius 3 is 2.42 bits per heavy atom. The zero-order chi connectivity index (χ0) is 17.2. The number of ether oxygens (including phenoxy) is 1. The number of likely N-dealkylation sites (N-methyl/N-ethyl adjacent to an activating group) is 1. The first kappa shape index (κ1) is 22.9. The van der Waals surface area contributed by atoms with Crippen LogP contribution in [0.3, 0.4) is 0 Å². The third-order valence-corrected chi connectivity index (χ3v) is 4.01. The number of likely N-dealkylation sites (tertiary alicyclic amines) is 1. The molecule has 0 bridgehead atoms. The zero-order valence-electron chi connectivity index (χ0n) is 15.2. The first-order valence-electron chi connectivity index (χ1n) is 8.30. The topological polar surface area (TPSA) is 74.2 Å². The standard InChI is InChI=1S/C16H30N4O3.HI/c1-5-6-9-17-16(18-12-14(21)19(2)3)20-10-7-13(8-11-20)15(22)23-4;/h13H,5-12H2,1-4H3,(H,17,18);1H. The predicted molar refractivity (Wildman–Crippen MR) is 106 cm³/mol. The monoisotopic (exact) mass is 454 g/mol. The van der Waals surface area contributed by atoms with Crippen LogP contribution in [0.5, 0.6) is 0 Å². The van der Waals surface area contributed by atoms with Gasteiger partial charge in [0.1, 0.15) is 6.54 Å². The summed E-state index contributed by atoms with van der Waals surface area (Å²) >= 11 is 0. The Morgan fingerprint density at radius 2 is 1.92 bits per heavy atom. The van der Waals surface area contributed by atoms with E-state index in [-0.39, 0.29) is 48.3 Å². The lowest BCUT2D eigenvalue weighted by molar-refractivity contribution is -0.146. The third kappa shape index (κ3) is 7.67. The van der Waals surface area contributed by atoms with E-state index in [1.807, 2.05) is 0 Å². The molecular formula is C16H31IN4O3. The molecule has 0 radical (unpaired) electrons. The van der Waals surface area contributed by atoms with E-state index in [2.05, 4.69) is 22.1 Å². The molecule has 1 rings (SSSR count). The number of carbonyl (C=O) groups is 2. The summed E-state index contributed by atoms with van der Waals surface area (Å²) in [5.41, 5.74) is 0. The Hall–Kier alpha value is -1.06. The SMILES string of the molecule is CCCCNC(=NCC(=O)N(C)C)N1CCC(C(=O)OC)CC1.I. The van der Waals surface area contributed by atoms with Crippen molar-refractivity contribution in [2.24, 2.45) is 10.9 Å². The molecule has 1 aliphatic heterocycles. The number of nitrogens with one attached hydrogen (secondary N) is 1. The van der Waals surface area contributed by atoms with Gasteiger partial charge in [0.2, 0.25) is 5.91 Å². The van der Waals surface area contributed by atoms with E-state index in [0.717, 1.165) is 51.3 Å². The molecule has 1 amide bonds. The van der Waals surface area contributed by atoms with E-state index < -0.39 is 0 Å². The Morgan fingerprint density at radius 1 is 1.29 bits per heavy atom. The van der Waals surface area contributed by atoms with Crippen LogP contribution in [0, 0.1) is 5.92 Å². The summed E-state index contributed by atoms with van der Waals surface area (Å²) < 4.78 is 4.82. The molecule has 140 valence electrons. The molecule has 7 nitrogen and oxygen atoms in total. The lowest BCUT2D eigenvalue weighted by Crippen LogP contribution is -2.47. The van der Waals surface area contributed by atoms with Crippen molar-refractivity contribution in [2.75, 3.05) is 47.4 Å². The number of nitrogens with zero attached hydrogens (tertiary/aromatic N) is 3. The van der Waals surface area contributed by atoms with Crippen molar-refractivity contribution in [1.29, 1.82) is 0 Å². The van der Waals surface area contributed by atoms with Gasteiger partial charge in [0.05, 0.1) is 13.0 Å². The van der Waals surface area contributed by atoms with Gasteiger partial charge in [-0.05, 0) is 19.3 Å². The van der Waals surface area contributed by atoms with Gasteiger partial charge in [0.25, 0.3) is 0 Å². The van der Waals surface area contributed by atoms with Crippen LogP contribution >= 0.6 is 24.0 Å². The molecule has 0 unspecified atom stereocenters. The van der Waals surface area contributed by atoms with Crippen molar-refractivity contribution in [3.8, 4) is 0 Å². The summed E-state index contributed by atoms with van der Waals surface area (Å²) in [6, 6.07) is 0. The lowest BCUT2D eigenvalue weighted by atomic mass is 9.97. The Kier molecular flexibility index (Phi) is 11.8. The first-order chi connectivity index (χ1) is 11.0. The summed E-state index contributed by atoms with van der Waals surface area (Å²) in [4.78, 5) is 31.5. The van der Waals surface area contributed by atoms with Crippen molar-refractivity contribution >= 4 is 41.8 Å². The number of hydrogen-bond donors (Lipinski definition) is 1. The van der Waals surface area contributed by atoms with E-state index in [9.17, 15) is 9.59 Å². The van der Waals surface area contributed by atoms with Crippen LogP contribution in [0.15, 0.2) is 4.99 Å². The average molecular weight is 454 g/mol. The van der Waals surface area contributed by atoms with E-state index >= 15 is 0 Å². The molecule has 24 heavy (non-hydrogen) atoms. The summed E-state index contributed by atoms with van der Waals surface area (Å²) in [6.07, 6.45) is 3.66. The van der Waals surface area contributed by atoms with E-state index in [4.69, 9.17) is 4.74 Å². The van der Waals surface area contributed by atoms with Crippen LogP contribution < -0.4 is 5.32 Å². The van der Waals surface area contributed by atoms with Gasteiger partial charge in [-0.3, -0.25) is 9.59 Å². The molecule has 8 heteroatoms. The van der Waals surface area contributed by atoms with Crippen molar-refractivity contribution in [3.63, 3.8) is 0 Å². The van der Waals surface area contributed by atoms with Gasteiger partial charge in [0.15, 0.2) is 5.96 Å². The fraction of sp³-hybridized carbons (Fsp3) is 0.812. The highest BCUT2D eigenvalue weighted by atomic mass is 127. The molecular weight excluding hydrogens is 423 g/mol. The second-order valence-corrected chi connectivity index (χ2v) is 5.99. The van der Waals surface area contributed by atoms with Crippen LogP contribution in [-0.4, -0.2) is 75.0 Å². The lowest BCUT2D eigenvalue weighted by Gasteiger charge is -2.33. The molecule has 0 saturated carbocycles. The van der Waals surface area contributed by atoms with Gasteiger partial charge < -0.3 is 19.9 Å². The minimum absolute atomic E-state index is 0. The Labute approximate surface area is 162 Å². The van der Waals surface area contributed by atoms with Gasteiger partial charge in [-0.25, -0.2) is 4.99 Å². The molecule has 0 aliphatic carbocycles. The maximum Gasteiger partial charge on any atom is 0.308 e. The van der Waals surface area contributed by atoms with Gasteiger partial charge in [-0.2, -0.15) is 0 Å². The van der Waals surface area contributed by atoms with E-state index in [1.54, 1.807) is 14.1 Å². The highest BCUT2D eigenvalue weighted by molar-refractivity contribution is 14.0. The number of hydrogen-bond acceptors (Lipinski definition) is 4. The highest BCUT2D eigenvalue weighted by Gasteiger charge is 2.27. The number of methoxy groups -OCH3 is 1. The number of guanidine groups is 1. The zero-order valence-corrected chi connectivity index (χ0v) is 17.5. The van der Waals surface area contributed by atoms with Crippen LogP contribution in [0.1, 0.15) is 32.6 Å². The van der Waals surface area contributed by atoms with Crippen LogP contribution in [-0.2, 0) is 14.3 Å². The normalized spacial score (nSPS) is 15.5. The summed E-state index contributed by atoms with van der Waals surface area (Å²) in [5, 5.41) is 3.33. The molecule has 0 aromatic heterocycles. The second-order valence-electron chi connectivity index (χ2n) is 5.99. The number of esters is 1. The Bertz CT molecular complexity index is 422. The number of carbonyl (C=O) groups excluding carboxylic acids is 2. The van der Waals surface area contributed by atoms with Gasteiger partial charge >= 0.3 is 5.97 Å². The number of aliphatic imine (C=N–C) groups is 1. The van der Waals surface area contributed by atoms with Crippen LogP contribution in [0.2, 0.25) is 0 Å². The number of piperidine rings is 1. The van der Waals surface area contributed by atoms with Gasteiger partial charge in [-0.1, -0.05) is 13.3 Å². The first-order valence-corrected chi connectivity index (χ1v) is 8.30. The largest absolute Gasteiger partial charge is 0.469 e. The number of rotatable bonds is 6. The maximum absolute atomic E-state index is 11.8. The third-order valence-electron chi connectivity index (χ3n) is 4.01. The molecule has 1 heterocycles. The quantitative estimate of drug-likeness (QED) is 0.216. The second kappa shape index (κ2) is 12.3. The fourth-order valence-corrected chi connectivity index (χ4v) is 2.42. The average Bonchev–Trinajstić information content (AvgIpc) is 2.57. The van der Waals surface area contributed by atoms with Crippen molar-refractivity contribution in [1.82, 2.24) is 15.1 Å². The van der Waals surface area contributed by atoms with Crippen LogP contribution in [0.4, 0.5) is 0 Å². The summed E-state index contributed by atoms with van der Waals surface area (Å²) in [6.45, 7) is 4.60. The fourth-order valence-electron chi connectivity index (χ4n) is 2.42. The molecule has 1 saturated heterocycles. The Balaban J connectivity index is 0.00000529. The number of unbranched alkanes of at least 4 members (excludes halogenated alkanes) is 1. The molecule has 1 aliphatic rings. The summed E-state index contributed by atoms with van der Waals surface area (Å²) in [5.74, 6) is 0.572.